The van der Waals surface area contributed by atoms with Crippen molar-refractivity contribution in [1.29, 1.82) is 0 Å². The smallest absolute Gasteiger partial charge is 0.224 e. The number of aliphatic hydroxyl groups excluding tert-OH is 5. The summed E-state index contributed by atoms with van der Waals surface area (Å²) in [6.07, 6.45) is -9.13. The highest BCUT2D eigenvalue weighted by atomic mass is 16.6. The normalized spacial score (nSPS) is 54.6. The molecule has 1 fully saturated rings. The van der Waals surface area contributed by atoms with Crippen molar-refractivity contribution in [2.75, 3.05) is 7.11 Å². The Labute approximate surface area is 79.8 Å². The number of methoxy groups -OCH3 is 1. The van der Waals surface area contributed by atoms with Crippen LogP contribution in [0.2, 0.25) is 0 Å². The van der Waals surface area contributed by atoms with Gasteiger partial charge in [0.25, 0.3) is 0 Å². The number of rotatable bonds is 1. The maximum atomic E-state index is 9.52. The average Bonchev–Trinajstić information content (AvgIpc) is 2.21. The van der Waals surface area contributed by atoms with E-state index in [0.717, 1.165) is 7.11 Å². The summed E-state index contributed by atoms with van der Waals surface area (Å²) in [7, 11) is 0.990. The lowest BCUT2D eigenvalue weighted by atomic mass is 9.82. The van der Waals surface area contributed by atoms with Crippen LogP contribution in [0.1, 0.15) is 0 Å². The number of hydrogen-bond acceptors (Lipinski definition) is 7. The van der Waals surface area contributed by atoms with E-state index >= 15 is 0 Å². The molecule has 1 aliphatic rings. The molecule has 84 valence electrons. The van der Waals surface area contributed by atoms with Crippen molar-refractivity contribution in [3.05, 3.63) is 0 Å². The lowest BCUT2D eigenvalue weighted by Crippen LogP contribution is -2.71. The molecule has 1 saturated carbocycles. The molecular weight excluding hydrogens is 196 g/mol. The Morgan fingerprint density at radius 1 is 0.857 bits per heavy atom. The van der Waals surface area contributed by atoms with E-state index < -0.39 is 36.3 Å². The van der Waals surface area contributed by atoms with Gasteiger partial charge in [-0.1, -0.05) is 0 Å². The van der Waals surface area contributed by atoms with E-state index in [-0.39, 0.29) is 0 Å². The van der Waals surface area contributed by atoms with Gasteiger partial charge in [0, 0.05) is 7.11 Å². The van der Waals surface area contributed by atoms with Gasteiger partial charge in [-0.25, -0.2) is 0 Å². The molecule has 0 heterocycles. The topological polar surface area (TPSA) is 131 Å². The largest absolute Gasteiger partial charge is 0.387 e. The third-order valence-electron chi connectivity index (χ3n) is 2.52. The Kier molecular flexibility index (Phi) is 3.12. The molecule has 6 atom stereocenters. The highest BCUT2D eigenvalue weighted by Gasteiger charge is 2.58. The predicted octanol–water partition coefficient (Wildman–Crippen LogP) is -3.86. The van der Waals surface area contributed by atoms with Gasteiger partial charge in [0.05, 0.1) is 0 Å². The first-order valence-electron chi connectivity index (χ1n) is 4.04. The lowest BCUT2D eigenvalue weighted by molar-refractivity contribution is -0.353. The Hall–Kier alpha value is -0.280. The minimum Gasteiger partial charge on any atom is -0.387 e. The summed E-state index contributed by atoms with van der Waals surface area (Å²) in [5.74, 6) is -2.49. The number of ether oxygens (including phenoxy) is 1. The first kappa shape index (κ1) is 11.8. The average molecular weight is 210 g/mol. The highest BCUT2D eigenvalue weighted by Crippen LogP contribution is 2.30. The molecule has 0 saturated heterocycles. The molecule has 0 aliphatic heterocycles. The molecule has 6 N–H and O–H groups in total. The van der Waals surface area contributed by atoms with Crippen LogP contribution in [0.15, 0.2) is 0 Å². The summed E-state index contributed by atoms with van der Waals surface area (Å²) in [5, 5.41) is 55.6. The van der Waals surface area contributed by atoms with Crippen molar-refractivity contribution in [2.45, 2.75) is 36.3 Å². The molecule has 0 aromatic rings. The van der Waals surface area contributed by atoms with Gasteiger partial charge in [0.2, 0.25) is 5.79 Å². The summed E-state index contributed by atoms with van der Waals surface area (Å²) < 4.78 is 4.42. The Morgan fingerprint density at radius 2 is 1.21 bits per heavy atom. The van der Waals surface area contributed by atoms with E-state index in [4.69, 9.17) is 5.11 Å². The lowest BCUT2D eigenvalue weighted by Gasteiger charge is -2.46. The van der Waals surface area contributed by atoms with Crippen LogP contribution < -0.4 is 0 Å². The van der Waals surface area contributed by atoms with Crippen LogP contribution >= 0.6 is 0 Å². The molecule has 0 radical (unpaired) electrons. The summed E-state index contributed by atoms with van der Waals surface area (Å²) >= 11 is 0. The van der Waals surface area contributed by atoms with Crippen LogP contribution in [0.4, 0.5) is 0 Å². The molecule has 0 aromatic carbocycles. The van der Waals surface area contributed by atoms with Crippen LogP contribution in [-0.4, -0.2) is 74.1 Å². The van der Waals surface area contributed by atoms with E-state index in [1.165, 1.54) is 0 Å². The number of hydrogen-bond donors (Lipinski definition) is 6. The van der Waals surface area contributed by atoms with Crippen molar-refractivity contribution in [3.63, 3.8) is 0 Å². The molecule has 0 aromatic heterocycles. The Bertz CT molecular complexity index is 192. The fourth-order valence-electron chi connectivity index (χ4n) is 1.48. The van der Waals surface area contributed by atoms with Gasteiger partial charge < -0.3 is 35.4 Å². The molecule has 1 unspecified atom stereocenters. The monoisotopic (exact) mass is 210 g/mol. The third-order valence-corrected chi connectivity index (χ3v) is 2.52. The second kappa shape index (κ2) is 3.70. The van der Waals surface area contributed by atoms with Crippen LogP contribution in [0.3, 0.4) is 0 Å². The van der Waals surface area contributed by atoms with Crippen LogP contribution in [0, 0.1) is 0 Å². The summed E-state index contributed by atoms with van der Waals surface area (Å²) in [6, 6.07) is 0. The Balaban J connectivity index is 2.98. The van der Waals surface area contributed by atoms with E-state index in [0.29, 0.717) is 0 Å². The Morgan fingerprint density at radius 3 is 1.50 bits per heavy atom. The van der Waals surface area contributed by atoms with E-state index in [1.807, 2.05) is 0 Å². The zero-order valence-electron chi connectivity index (χ0n) is 7.48. The quantitative estimate of drug-likeness (QED) is 0.244. The first-order valence-corrected chi connectivity index (χ1v) is 4.04. The van der Waals surface area contributed by atoms with Gasteiger partial charge in [-0.05, 0) is 0 Å². The molecule has 7 nitrogen and oxygen atoms in total. The standard InChI is InChI=1S/C7H14O7/c1-14-7(13)5(11)3(9)2(8)4(10)6(7)12/h2-6,8-13H,1H3/t2?,3-,4+,5-,6-,7-/m0/s1. The molecule has 0 amide bonds. The maximum absolute atomic E-state index is 9.52. The first-order chi connectivity index (χ1) is 6.36. The van der Waals surface area contributed by atoms with Gasteiger partial charge in [0.15, 0.2) is 0 Å². The van der Waals surface area contributed by atoms with Crippen molar-refractivity contribution in [3.8, 4) is 0 Å². The zero-order chi connectivity index (χ0) is 11.1. The van der Waals surface area contributed by atoms with Gasteiger partial charge >= 0.3 is 0 Å². The molecule has 14 heavy (non-hydrogen) atoms. The second-order valence-corrected chi connectivity index (χ2v) is 3.32. The molecule has 1 rings (SSSR count). The molecule has 0 spiro atoms. The molecule has 1 aliphatic carbocycles. The molecule has 0 bridgehead atoms. The van der Waals surface area contributed by atoms with Gasteiger partial charge in [-0.3, -0.25) is 0 Å². The van der Waals surface area contributed by atoms with Crippen molar-refractivity contribution < 1.29 is 35.4 Å². The zero-order valence-corrected chi connectivity index (χ0v) is 7.48. The van der Waals surface area contributed by atoms with Gasteiger partial charge in [0.1, 0.15) is 30.5 Å². The fourth-order valence-corrected chi connectivity index (χ4v) is 1.48. The molecule has 7 heteroatoms. The number of aliphatic hydroxyl groups is 6. The van der Waals surface area contributed by atoms with Crippen molar-refractivity contribution in [1.82, 2.24) is 0 Å². The van der Waals surface area contributed by atoms with E-state index in [1.54, 1.807) is 0 Å². The predicted molar refractivity (Wildman–Crippen MR) is 42.0 cm³/mol. The van der Waals surface area contributed by atoms with Crippen LogP contribution in [-0.2, 0) is 4.74 Å². The van der Waals surface area contributed by atoms with E-state index in [2.05, 4.69) is 4.74 Å². The van der Waals surface area contributed by atoms with Crippen LogP contribution in [0.25, 0.3) is 0 Å². The second-order valence-electron chi connectivity index (χ2n) is 3.32. The summed E-state index contributed by atoms with van der Waals surface area (Å²) in [5.41, 5.74) is 0. The molecular formula is C7H14O7. The van der Waals surface area contributed by atoms with Crippen molar-refractivity contribution in [2.24, 2.45) is 0 Å². The van der Waals surface area contributed by atoms with Crippen LogP contribution in [0.5, 0.6) is 0 Å². The van der Waals surface area contributed by atoms with Crippen molar-refractivity contribution >= 4 is 0 Å². The summed E-state index contributed by atoms with van der Waals surface area (Å²) in [6.45, 7) is 0. The maximum Gasteiger partial charge on any atom is 0.224 e. The van der Waals surface area contributed by atoms with Gasteiger partial charge in [-0.2, -0.15) is 0 Å². The minimum atomic E-state index is -2.49. The van der Waals surface area contributed by atoms with E-state index in [9.17, 15) is 25.5 Å². The minimum absolute atomic E-state index is 0.990. The fraction of sp³-hybridized carbons (Fsp3) is 1.00. The summed E-state index contributed by atoms with van der Waals surface area (Å²) in [4.78, 5) is 0. The third kappa shape index (κ3) is 1.43. The highest BCUT2D eigenvalue weighted by molar-refractivity contribution is 5.03. The SMILES string of the molecule is CO[C@]1(O)[C@@H](O)[C@H](O)C(O)[C@H](O)[C@@H]1O. The van der Waals surface area contributed by atoms with Gasteiger partial charge in [-0.15, -0.1) is 0 Å².